The summed E-state index contributed by atoms with van der Waals surface area (Å²) >= 11 is 5.27. The van der Waals surface area contributed by atoms with E-state index in [4.69, 9.17) is 4.98 Å². The van der Waals surface area contributed by atoms with Crippen LogP contribution in [0.1, 0.15) is 41.9 Å². The van der Waals surface area contributed by atoms with Crippen LogP contribution in [0.15, 0.2) is 94.4 Å². The molecule has 4 rings (SSSR count). The zero-order chi connectivity index (χ0) is 25.8. The topological polar surface area (TPSA) is 33.1 Å². The first-order valence-electron chi connectivity index (χ1n) is 12.5. The fraction of sp³-hybridized carbons (Fsp3) is 0.323. The van der Waals surface area contributed by atoms with Crippen LogP contribution in [0.3, 0.4) is 0 Å². The van der Waals surface area contributed by atoms with Crippen molar-refractivity contribution in [1.82, 2.24) is 4.98 Å². The van der Waals surface area contributed by atoms with Crippen molar-refractivity contribution in [2.45, 2.75) is 35.8 Å². The van der Waals surface area contributed by atoms with Gasteiger partial charge in [-0.2, -0.15) is 0 Å². The van der Waals surface area contributed by atoms with Crippen LogP contribution in [0.25, 0.3) is 10.9 Å². The third-order valence-corrected chi connectivity index (χ3v) is 8.00. The molecule has 0 aliphatic carbocycles. The Labute approximate surface area is 228 Å². The minimum Gasteiger partial charge on any atom is -0.384 e. The van der Waals surface area contributed by atoms with Gasteiger partial charge in [0, 0.05) is 15.8 Å². The average Bonchev–Trinajstić information content (AvgIpc) is 2.87. The number of thioether (sulfide) groups is 1. The molecule has 0 saturated carbocycles. The number of aliphatic hydroxyl groups is 1. The number of aromatic nitrogens is 1. The van der Waals surface area contributed by atoms with E-state index in [2.05, 4.69) is 97.9 Å². The zero-order valence-corrected chi connectivity index (χ0v) is 24.0. The number of quaternary nitrogens is 1. The summed E-state index contributed by atoms with van der Waals surface area (Å²) in [5, 5.41) is 14.8. The van der Waals surface area contributed by atoms with E-state index >= 15 is 0 Å². The average molecular weight is 565 g/mol. The number of unbranched alkanes of at least 4 members (excludes halogenated alkanes) is 1. The molecule has 0 amide bonds. The molecule has 0 bridgehead atoms. The van der Waals surface area contributed by atoms with Gasteiger partial charge in [0.1, 0.15) is 10.6 Å². The summed E-state index contributed by atoms with van der Waals surface area (Å²) in [7, 11) is 6.67. The Hall–Kier alpha value is -2.18. The van der Waals surface area contributed by atoms with Gasteiger partial charge in [0.05, 0.1) is 33.2 Å². The molecule has 0 fully saturated rings. The Morgan fingerprint density at radius 3 is 2.22 bits per heavy atom. The van der Waals surface area contributed by atoms with Gasteiger partial charge < -0.3 is 9.59 Å². The summed E-state index contributed by atoms with van der Waals surface area (Å²) < 4.78 is 1.95. The van der Waals surface area contributed by atoms with Crippen molar-refractivity contribution in [3.63, 3.8) is 0 Å². The van der Waals surface area contributed by atoms with Gasteiger partial charge in [0.2, 0.25) is 0 Å². The van der Waals surface area contributed by atoms with Gasteiger partial charge in [-0.25, -0.2) is 4.98 Å². The summed E-state index contributed by atoms with van der Waals surface area (Å²) in [4.78, 5) is 5.05. The van der Waals surface area contributed by atoms with Gasteiger partial charge in [-0.15, -0.1) is 11.8 Å². The lowest BCUT2D eigenvalue weighted by Crippen LogP contribution is -2.37. The Morgan fingerprint density at radius 2 is 1.58 bits per heavy atom. The molecule has 3 nitrogen and oxygen atoms in total. The molecule has 3 aromatic carbocycles. The molecule has 4 aromatic rings. The highest BCUT2D eigenvalue weighted by Gasteiger charge is 2.41. The summed E-state index contributed by atoms with van der Waals surface area (Å²) in [5.74, 6) is -0.261. The van der Waals surface area contributed by atoms with Crippen LogP contribution in [0, 0.1) is 0 Å². The maximum atomic E-state index is 12.8. The third-order valence-electron chi connectivity index (χ3n) is 6.79. The number of benzene rings is 3. The number of pyridine rings is 1. The fourth-order valence-electron chi connectivity index (χ4n) is 5.04. The second kappa shape index (κ2) is 11.5. The molecule has 0 radical (unpaired) electrons. The largest absolute Gasteiger partial charge is 0.384 e. The molecule has 1 N–H and O–H groups in total. The van der Waals surface area contributed by atoms with Crippen LogP contribution >= 0.6 is 27.7 Å². The number of nitrogens with zero attached hydrogens (tertiary/aromatic N) is 2. The molecule has 0 spiro atoms. The molecule has 0 saturated heterocycles. The van der Waals surface area contributed by atoms with Crippen molar-refractivity contribution >= 4 is 38.6 Å². The maximum Gasteiger partial charge on any atom is 0.101 e. The molecule has 1 aromatic heterocycles. The molecule has 188 valence electrons. The Morgan fingerprint density at radius 1 is 0.917 bits per heavy atom. The van der Waals surface area contributed by atoms with Gasteiger partial charge in [0.25, 0.3) is 0 Å². The van der Waals surface area contributed by atoms with Gasteiger partial charge in [-0.05, 0) is 66.5 Å². The van der Waals surface area contributed by atoms with E-state index in [1.165, 1.54) is 0 Å². The number of hydrogen-bond donors (Lipinski definition) is 1. The van der Waals surface area contributed by atoms with E-state index in [1.54, 1.807) is 11.8 Å². The standard InChI is InChI=1S/C31H36BrN2OS/c1-34(2,3)20-12-11-19-31(35,25-15-9-6-10-16-25)29(23-13-7-5-8-14-23)27-22-24-21-26(32)17-18-28(24)33-30(27)36-4/h5-10,13-18,21-22,29,35H,11-12,19-20H2,1-4H3/q+1. The molecular formula is C31H36BrN2OS+. The number of hydrogen-bond acceptors (Lipinski definition) is 3. The first-order valence-corrected chi connectivity index (χ1v) is 14.5. The monoisotopic (exact) mass is 563 g/mol. The van der Waals surface area contributed by atoms with E-state index in [1.807, 2.05) is 30.3 Å². The first kappa shape index (κ1) is 26.9. The van der Waals surface area contributed by atoms with Gasteiger partial charge in [0.15, 0.2) is 0 Å². The second-order valence-corrected chi connectivity index (χ2v) is 12.2. The van der Waals surface area contributed by atoms with Crippen LogP contribution in [0.5, 0.6) is 0 Å². The highest BCUT2D eigenvalue weighted by Crippen LogP contribution is 2.47. The van der Waals surface area contributed by atoms with Gasteiger partial charge >= 0.3 is 0 Å². The SMILES string of the molecule is CSc1nc2ccc(Br)cc2cc1C(c1ccccc1)C(O)(CCCC[N+](C)(C)C)c1ccccc1. The lowest BCUT2D eigenvalue weighted by molar-refractivity contribution is -0.870. The molecule has 0 aliphatic rings. The van der Waals surface area contributed by atoms with E-state index in [-0.39, 0.29) is 5.92 Å². The molecule has 36 heavy (non-hydrogen) atoms. The molecule has 2 unspecified atom stereocenters. The molecule has 0 aliphatic heterocycles. The number of rotatable bonds is 10. The van der Waals surface area contributed by atoms with E-state index in [0.717, 1.165) is 61.0 Å². The Bertz CT molecular complexity index is 1290. The molecule has 2 atom stereocenters. The van der Waals surface area contributed by atoms with Crippen LogP contribution < -0.4 is 0 Å². The molecular weight excluding hydrogens is 528 g/mol. The minimum absolute atomic E-state index is 0.261. The number of halogens is 1. The lowest BCUT2D eigenvalue weighted by atomic mass is 9.71. The normalized spacial score (nSPS) is 14.5. The van der Waals surface area contributed by atoms with Crippen LogP contribution in [-0.2, 0) is 5.60 Å². The van der Waals surface area contributed by atoms with Gasteiger partial charge in [-0.1, -0.05) is 76.6 Å². The van der Waals surface area contributed by atoms with Crippen molar-refractivity contribution in [1.29, 1.82) is 0 Å². The molecule has 1 heterocycles. The van der Waals surface area contributed by atoms with Crippen molar-refractivity contribution in [2.75, 3.05) is 33.9 Å². The Kier molecular flexibility index (Phi) is 8.56. The summed E-state index contributed by atoms with van der Waals surface area (Å²) in [6.07, 6.45) is 4.73. The van der Waals surface area contributed by atoms with Crippen molar-refractivity contribution < 1.29 is 9.59 Å². The zero-order valence-electron chi connectivity index (χ0n) is 21.6. The highest BCUT2D eigenvalue weighted by molar-refractivity contribution is 9.10. The predicted octanol–water partition coefficient (Wildman–Crippen LogP) is 7.62. The van der Waals surface area contributed by atoms with Crippen molar-refractivity contribution in [3.05, 3.63) is 106 Å². The van der Waals surface area contributed by atoms with Crippen LogP contribution in [0.4, 0.5) is 0 Å². The van der Waals surface area contributed by atoms with Crippen molar-refractivity contribution in [3.8, 4) is 0 Å². The fourth-order valence-corrected chi connectivity index (χ4v) is 6.02. The summed E-state index contributed by atoms with van der Waals surface area (Å²) in [6.45, 7) is 1.07. The van der Waals surface area contributed by atoms with Crippen LogP contribution in [0.2, 0.25) is 0 Å². The van der Waals surface area contributed by atoms with Gasteiger partial charge in [-0.3, -0.25) is 0 Å². The summed E-state index contributed by atoms with van der Waals surface area (Å²) in [5.41, 5.74) is 2.99. The minimum atomic E-state index is -1.08. The van der Waals surface area contributed by atoms with Crippen molar-refractivity contribution in [2.24, 2.45) is 0 Å². The molecule has 5 heteroatoms. The maximum absolute atomic E-state index is 12.8. The Balaban J connectivity index is 1.90. The van der Waals surface area contributed by atoms with E-state index < -0.39 is 5.60 Å². The third kappa shape index (κ3) is 6.20. The first-order chi connectivity index (χ1) is 17.2. The van der Waals surface area contributed by atoms with E-state index in [0.29, 0.717) is 6.42 Å². The predicted molar refractivity (Wildman–Crippen MR) is 157 cm³/mol. The van der Waals surface area contributed by atoms with Crippen LogP contribution in [-0.4, -0.2) is 48.5 Å². The smallest absolute Gasteiger partial charge is 0.101 e. The quantitative estimate of drug-likeness (QED) is 0.122. The number of fused-ring (bicyclic) bond motifs is 1. The van der Waals surface area contributed by atoms with E-state index in [9.17, 15) is 5.11 Å². The summed E-state index contributed by atoms with van der Waals surface area (Å²) in [6, 6.07) is 29.1. The second-order valence-electron chi connectivity index (χ2n) is 10.5. The lowest BCUT2D eigenvalue weighted by Gasteiger charge is -2.39. The highest BCUT2D eigenvalue weighted by atomic mass is 79.9.